The number of amides is 2. The van der Waals surface area contributed by atoms with Crippen molar-refractivity contribution in [1.82, 2.24) is 10.2 Å². The van der Waals surface area contributed by atoms with E-state index in [4.69, 9.17) is 23.2 Å². The zero-order valence-corrected chi connectivity index (χ0v) is 22.5. The van der Waals surface area contributed by atoms with E-state index in [1.807, 2.05) is 0 Å². The lowest BCUT2D eigenvalue weighted by atomic mass is 9.95. The lowest BCUT2D eigenvalue weighted by molar-refractivity contribution is -0.139. The number of nitrogens with one attached hydrogen (secondary N) is 1. The molecule has 2 aromatic carbocycles. The fourth-order valence-corrected chi connectivity index (χ4v) is 5.55. The first-order chi connectivity index (χ1) is 17.0. The van der Waals surface area contributed by atoms with Gasteiger partial charge in [-0.25, -0.2) is 12.8 Å². The molecule has 11 heteroatoms. The summed E-state index contributed by atoms with van der Waals surface area (Å²) < 4.78 is 40.2. The van der Waals surface area contributed by atoms with Crippen molar-refractivity contribution < 1.29 is 22.4 Å². The van der Waals surface area contributed by atoms with Gasteiger partial charge in [0.15, 0.2) is 0 Å². The highest BCUT2D eigenvalue weighted by Crippen LogP contribution is 2.25. The van der Waals surface area contributed by atoms with Crippen LogP contribution in [0.25, 0.3) is 0 Å². The molecule has 0 saturated heterocycles. The van der Waals surface area contributed by atoms with Gasteiger partial charge in [-0.2, -0.15) is 0 Å². The fraction of sp³-hybridized carbons (Fsp3) is 0.440. The maximum atomic E-state index is 14.5. The predicted octanol–water partition coefficient (Wildman–Crippen LogP) is 4.76. The molecule has 2 amide bonds. The number of hydrogen-bond acceptors (Lipinski definition) is 4. The highest BCUT2D eigenvalue weighted by molar-refractivity contribution is 7.92. The smallest absolute Gasteiger partial charge is 0.244 e. The summed E-state index contributed by atoms with van der Waals surface area (Å²) in [5, 5.41) is 3.72. The van der Waals surface area contributed by atoms with Gasteiger partial charge in [0, 0.05) is 22.6 Å². The zero-order valence-electron chi connectivity index (χ0n) is 20.2. The summed E-state index contributed by atoms with van der Waals surface area (Å²) in [6.07, 6.45) is 5.79. The number of anilines is 1. The van der Waals surface area contributed by atoms with Crippen LogP contribution < -0.4 is 9.62 Å². The van der Waals surface area contributed by atoms with Crippen molar-refractivity contribution in [3.63, 3.8) is 0 Å². The minimum Gasteiger partial charge on any atom is -0.352 e. The van der Waals surface area contributed by atoms with Crippen LogP contribution in [0.15, 0.2) is 42.5 Å². The maximum absolute atomic E-state index is 14.5. The highest BCUT2D eigenvalue weighted by Gasteiger charge is 2.32. The number of benzene rings is 2. The topological polar surface area (TPSA) is 86.8 Å². The Morgan fingerprint density at radius 3 is 2.39 bits per heavy atom. The Hall–Kier alpha value is -2.36. The second-order valence-corrected chi connectivity index (χ2v) is 11.7. The summed E-state index contributed by atoms with van der Waals surface area (Å²) in [5.41, 5.74) is 0.278. The van der Waals surface area contributed by atoms with E-state index in [1.165, 1.54) is 29.2 Å². The van der Waals surface area contributed by atoms with Crippen molar-refractivity contribution in [3.05, 3.63) is 63.9 Å². The van der Waals surface area contributed by atoms with Crippen LogP contribution in [0.2, 0.25) is 10.0 Å². The number of carbonyl (C=O) groups is 2. The van der Waals surface area contributed by atoms with Crippen LogP contribution in [-0.2, 0) is 26.2 Å². The van der Waals surface area contributed by atoms with E-state index >= 15 is 0 Å². The van der Waals surface area contributed by atoms with E-state index in [-0.39, 0.29) is 24.2 Å². The highest BCUT2D eigenvalue weighted by atomic mass is 35.5. The van der Waals surface area contributed by atoms with Gasteiger partial charge in [0.2, 0.25) is 21.8 Å². The van der Waals surface area contributed by atoms with Gasteiger partial charge in [-0.1, -0.05) is 60.7 Å². The van der Waals surface area contributed by atoms with Crippen molar-refractivity contribution in [2.75, 3.05) is 17.1 Å². The van der Waals surface area contributed by atoms with Gasteiger partial charge in [-0.05, 0) is 49.6 Å². The lowest BCUT2D eigenvalue weighted by Crippen LogP contribution is -2.53. The summed E-state index contributed by atoms with van der Waals surface area (Å²) >= 11 is 12.3. The molecule has 196 valence electrons. The van der Waals surface area contributed by atoms with Crippen LogP contribution in [0.1, 0.15) is 44.6 Å². The number of rotatable bonds is 9. The third kappa shape index (κ3) is 7.33. The molecule has 2 aromatic rings. The molecular formula is C25H30Cl2FN3O4S. The van der Waals surface area contributed by atoms with E-state index in [0.29, 0.717) is 19.9 Å². The molecule has 1 saturated carbocycles. The Bertz CT molecular complexity index is 1210. The van der Waals surface area contributed by atoms with Crippen LogP contribution in [0.5, 0.6) is 0 Å². The fourth-order valence-electron chi connectivity index (χ4n) is 4.23. The third-order valence-electron chi connectivity index (χ3n) is 6.27. The normalized spacial score (nSPS) is 15.2. The summed E-state index contributed by atoms with van der Waals surface area (Å²) in [6.45, 7) is 0.822. The molecule has 3 rings (SSSR count). The van der Waals surface area contributed by atoms with Gasteiger partial charge in [-0.3, -0.25) is 13.9 Å². The quantitative estimate of drug-likeness (QED) is 0.481. The van der Waals surface area contributed by atoms with Crippen molar-refractivity contribution >= 4 is 50.7 Å². The number of halogens is 3. The first-order valence-electron chi connectivity index (χ1n) is 11.7. The minimum atomic E-state index is -4.02. The number of nitrogens with zero attached hydrogens (tertiary/aromatic N) is 2. The predicted molar refractivity (Wildman–Crippen MR) is 140 cm³/mol. The standard InChI is InChI=1S/C25H30Cl2FN3O4S/c1-17(25(33)29-20-8-4-3-5-9-20)30(15-18-12-13-19(26)14-21(18)27)24(32)16-31(36(2,34)35)23-11-7-6-10-22(23)28/h6-7,10-14,17,20H,3-5,8-9,15-16H2,1-2H3,(H,29,33)/t17-/m1/s1. The van der Waals surface area contributed by atoms with E-state index in [0.717, 1.165) is 44.4 Å². The van der Waals surface area contributed by atoms with E-state index in [2.05, 4.69) is 5.32 Å². The lowest BCUT2D eigenvalue weighted by Gasteiger charge is -2.33. The SMILES string of the molecule is C[C@H](C(=O)NC1CCCCC1)N(Cc1ccc(Cl)cc1Cl)C(=O)CN(c1ccccc1F)S(C)(=O)=O. The second kappa shape index (κ2) is 12.3. The number of hydrogen-bond donors (Lipinski definition) is 1. The molecule has 0 spiro atoms. The minimum absolute atomic E-state index is 0.0238. The van der Waals surface area contributed by atoms with Crippen LogP contribution in [-0.4, -0.2) is 50.0 Å². The monoisotopic (exact) mass is 557 g/mol. The molecular weight excluding hydrogens is 528 g/mol. The molecule has 7 nitrogen and oxygen atoms in total. The molecule has 0 aliphatic heterocycles. The third-order valence-corrected chi connectivity index (χ3v) is 7.99. The molecule has 1 atom stereocenters. The van der Waals surface area contributed by atoms with Crippen molar-refractivity contribution in [1.29, 1.82) is 0 Å². The van der Waals surface area contributed by atoms with Crippen molar-refractivity contribution in [2.24, 2.45) is 0 Å². The number of para-hydroxylation sites is 1. The Morgan fingerprint density at radius 1 is 1.11 bits per heavy atom. The Kier molecular flexibility index (Phi) is 9.60. The van der Waals surface area contributed by atoms with Crippen LogP contribution >= 0.6 is 23.2 Å². The first kappa shape index (κ1) is 28.2. The van der Waals surface area contributed by atoms with Crippen LogP contribution in [0, 0.1) is 5.82 Å². The first-order valence-corrected chi connectivity index (χ1v) is 14.3. The second-order valence-electron chi connectivity index (χ2n) is 9.00. The molecule has 36 heavy (non-hydrogen) atoms. The number of carbonyl (C=O) groups excluding carboxylic acids is 2. The summed E-state index contributed by atoms with van der Waals surface area (Å²) in [4.78, 5) is 28.0. The summed E-state index contributed by atoms with van der Waals surface area (Å²) in [6, 6.07) is 9.16. The van der Waals surface area contributed by atoms with E-state index < -0.39 is 34.3 Å². The van der Waals surface area contributed by atoms with Crippen LogP contribution in [0.3, 0.4) is 0 Å². The van der Waals surface area contributed by atoms with E-state index in [1.54, 1.807) is 19.1 Å². The van der Waals surface area contributed by atoms with Gasteiger partial charge < -0.3 is 10.2 Å². The molecule has 0 heterocycles. The molecule has 0 aromatic heterocycles. The van der Waals surface area contributed by atoms with Gasteiger partial charge >= 0.3 is 0 Å². The molecule has 0 radical (unpaired) electrons. The van der Waals surface area contributed by atoms with Gasteiger partial charge in [-0.15, -0.1) is 0 Å². The van der Waals surface area contributed by atoms with Gasteiger partial charge in [0.05, 0.1) is 11.9 Å². The number of sulfonamides is 1. The molecule has 0 unspecified atom stereocenters. The zero-order chi connectivity index (χ0) is 26.5. The van der Waals surface area contributed by atoms with Crippen LogP contribution in [0.4, 0.5) is 10.1 Å². The maximum Gasteiger partial charge on any atom is 0.244 e. The average Bonchev–Trinajstić information content (AvgIpc) is 2.82. The van der Waals surface area contributed by atoms with Crippen molar-refractivity contribution in [2.45, 2.75) is 57.7 Å². The molecule has 0 bridgehead atoms. The van der Waals surface area contributed by atoms with Gasteiger partial charge in [0.1, 0.15) is 18.4 Å². The molecule has 1 fully saturated rings. The summed E-state index contributed by atoms with van der Waals surface area (Å²) in [5.74, 6) is -1.82. The summed E-state index contributed by atoms with van der Waals surface area (Å²) in [7, 11) is -4.02. The molecule has 1 aliphatic rings. The molecule has 1 aliphatic carbocycles. The Balaban J connectivity index is 1.91. The Morgan fingerprint density at radius 2 is 1.78 bits per heavy atom. The largest absolute Gasteiger partial charge is 0.352 e. The average molecular weight is 559 g/mol. The van der Waals surface area contributed by atoms with Gasteiger partial charge in [0.25, 0.3) is 0 Å². The van der Waals surface area contributed by atoms with Crippen molar-refractivity contribution in [3.8, 4) is 0 Å². The molecule has 1 N–H and O–H groups in total. The van der Waals surface area contributed by atoms with E-state index in [9.17, 15) is 22.4 Å². The Labute approximate surface area is 221 Å².